The van der Waals surface area contributed by atoms with Gasteiger partial charge in [0.05, 0.1) is 24.2 Å². The molecule has 3 heterocycles. The number of halogens is 1. The topological polar surface area (TPSA) is 87.1 Å². The maximum Gasteiger partial charge on any atom is 0.234 e. The molecular weight excluding hydrogens is 256 g/mol. The van der Waals surface area contributed by atoms with Crippen molar-refractivity contribution in [3.63, 3.8) is 0 Å². The van der Waals surface area contributed by atoms with E-state index in [1.54, 1.807) is 18.3 Å². The summed E-state index contributed by atoms with van der Waals surface area (Å²) in [5.74, 6) is 0.778. The third-order valence-corrected chi connectivity index (χ3v) is 3.16. The van der Waals surface area contributed by atoms with Crippen molar-refractivity contribution in [2.75, 3.05) is 13.2 Å². The number of hydrogen-bond acceptors (Lipinski definition) is 6. The van der Waals surface area contributed by atoms with Crippen molar-refractivity contribution in [3.8, 4) is 11.5 Å². The number of nitrogens with zero attached hydrogens (tertiary/aromatic N) is 3. The van der Waals surface area contributed by atoms with E-state index in [1.807, 2.05) is 0 Å². The Morgan fingerprint density at radius 3 is 3.00 bits per heavy atom. The van der Waals surface area contributed by atoms with Gasteiger partial charge < -0.3 is 15.0 Å². The van der Waals surface area contributed by atoms with Gasteiger partial charge in [-0.15, -0.1) is 0 Å². The number of hydrogen-bond donors (Lipinski definition) is 1. The third kappa shape index (κ3) is 1.98. The van der Waals surface area contributed by atoms with Crippen molar-refractivity contribution in [3.05, 3.63) is 29.2 Å². The number of ether oxygens (including phenoxy) is 1. The van der Waals surface area contributed by atoms with Crippen LogP contribution in [0.25, 0.3) is 11.5 Å². The Hall–Kier alpha value is -1.50. The smallest absolute Gasteiger partial charge is 0.234 e. The van der Waals surface area contributed by atoms with Crippen LogP contribution in [0.15, 0.2) is 22.9 Å². The first kappa shape index (κ1) is 11.6. The summed E-state index contributed by atoms with van der Waals surface area (Å²) in [6.07, 6.45) is 1.63. The zero-order chi connectivity index (χ0) is 12.5. The van der Waals surface area contributed by atoms with E-state index >= 15 is 0 Å². The standard InChI is InChI=1S/C11H11ClN4O2/c12-7-2-1-3-14-9(7)10-15-11(18-16-10)6-4-17-5-8(6)13/h1-3,6,8H,4-5,13H2. The highest BCUT2D eigenvalue weighted by Gasteiger charge is 2.31. The van der Waals surface area contributed by atoms with Crippen LogP contribution < -0.4 is 5.73 Å². The van der Waals surface area contributed by atoms with Crippen molar-refractivity contribution in [2.45, 2.75) is 12.0 Å². The Bertz CT molecular complexity index is 559. The fraction of sp³-hybridized carbons (Fsp3) is 0.364. The van der Waals surface area contributed by atoms with Gasteiger partial charge in [-0.3, -0.25) is 4.98 Å². The highest BCUT2D eigenvalue weighted by Crippen LogP contribution is 2.27. The molecule has 0 bridgehead atoms. The van der Waals surface area contributed by atoms with Crippen LogP contribution in [0.1, 0.15) is 11.8 Å². The van der Waals surface area contributed by atoms with E-state index in [-0.39, 0.29) is 12.0 Å². The second-order valence-corrected chi connectivity index (χ2v) is 4.51. The van der Waals surface area contributed by atoms with Gasteiger partial charge in [-0.05, 0) is 12.1 Å². The highest BCUT2D eigenvalue weighted by atomic mass is 35.5. The molecule has 0 spiro atoms. The highest BCUT2D eigenvalue weighted by molar-refractivity contribution is 6.32. The average molecular weight is 267 g/mol. The fourth-order valence-electron chi connectivity index (χ4n) is 1.86. The number of pyridine rings is 1. The van der Waals surface area contributed by atoms with E-state index in [0.717, 1.165) is 0 Å². The summed E-state index contributed by atoms with van der Waals surface area (Å²) in [5, 5.41) is 4.37. The summed E-state index contributed by atoms with van der Waals surface area (Å²) in [7, 11) is 0. The molecule has 1 aliphatic rings. The fourth-order valence-corrected chi connectivity index (χ4v) is 2.06. The molecule has 3 rings (SSSR count). The van der Waals surface area contributed by atoms with E-state index in [0.29, 0.717) is 35.6 Å². The van der Waals surface area contributed by atoms with Crippen LogP contribution in [-0.4, -0.2) is 34.4 Å². The van der Waals surface area contributed by atoms with Crippen LogP contribution in [0.3, 0.4) is 0 Å². The molecule has 0 aliphatic carbocycles. The molecule has 2 aromatic heterocycles. The van der Waals surface area contributed by atoms with Crippen molar-refractivity contribution in [1.29, 1.82) is 0 Å². The Morgan fingerprint density at radius 2 is 2.28 bits per heavy atom. The van der Waals surface area contributed by atoms with Crippen LogP contribution in [0, 0.1) is 0 Å². The van der Waals surface area contributed by atoms with Gasteiger partial charge in [-0.25, -0.2) is 0 Å². The van der Waals surface area contributed by atoms with Crippen LogP contribution in [0.5, 0.6) is 0 Å². The molecule has 0 saturated carbocycles. The maximum atomic E-state index is 6.02. The molecule has 1 fully saturated rings. The molecule has 0 aromatic carbocycles. The van der Waals surface area contributed by atoms with E-state index in [9.17, 15) is 0 Å². The summed E-state index contributed by atoms with van der Waals surface area (Å²) in [6.45, 7) is 1.01. The summed E-state index contributed by atoms with van der Waals surface area (Å²) in [5.41, 5.74) is 6.40. The summed E-state index contributed by atoms with van der Waals surface area (Å²) in [4.78, 5) is 8.42. The normalized spacial score (nSPS) is 23.4. The van der Waals surface area contributed by atoms with Crippen LogP contribution in [-0.2, 0) is 4.74 Å². The molecule has 2 aromatic rings. The predicted molar refractivity (Wildman–Crippen MR) is 64.1 cm³/mol. The van der Waals surface area contributed by atoms with Gasteiger partial charge in [0.15, 0.2) is 0 Å². The van der Waals surface area contributed by atoms with Gasteiger partial charge in [0.2, 0.25) is 11.7 Å². The minimum Gasteiger partial charge on any atom is -0.379 e. The molecule has 2 N–H and O–H groups in total. The first-order valence-electron chi connectivity index (χ1n) is 5.53. The molecule has 0 radical (unpaired) electrons. The average Bonchev–Trinajstić information content (AvgIpc) is 2.98. The number of rotatable bonds is 2. The molecule has 6 nitrogen and oxygen atoms in total. The van der Waals surface area contributed by atoms with Gasteiger partial charge in [-0.2, -0.15) is 4.98 Å². The lowest BCUT2D eigenvalue weighted by molar-refractivity contribution is 0.187. The molecule has 2 unspecified atom stereocenters. The Morgan fingerprint density at radius 1 is 1.39 bits per heavy atom. The zero-order valence-corrected chi connectivity index (χ0v) is 10.2. The Labute approximate surface area is 108 Å². The molecule has 94 valence electrons. The van der Waals surface area contributed by atoms with Gasteiger partial charge >= 0.3 is 0 Å². The van der Waals surface area contributed by atoms with Gasteiger partial charge in [0.1, 0.15) is 5.69 Å². The lowest BCUT2D eigenvalue weighted by Crippen LogP contribution is -2.26. The third-order valence-electron chi connectivity index (χ3n) is 2.85. The first-order valence-corrected chi connectivity index (χ1v) is 5.91. The van der Waals surface area contributed by atoms with Crippen LogP contribution >= 0.6 is 11.6 Å². The lowest BCUT2D eigenvalue weighted by atomic mass is 10.1. The molecule has 0 amide bonds. The SMILES string of the molecule is NC1COCC1c1nc(-c2ncccc2Cl)no1. The van der Waals surface area contributed by atoms with Crippen molar-refractivity contribution < 1.29 is 9.26 Å². The van der Waals surface area contributed by atoms with E-state index in [4.69, 9.17) is 26.6 Å². The van der Waals surface area contributed by atoms with E-state index in [1.165, 1.54) is 0 Å². The molecule has 2 atom stereocenters. The second kappa shape index (κ2) is 4.64. The molecule has 7 heteroatoms. The molecule has 1 saturated heterocycles. The van der Waals surface area contributed by atoms with Crippen molar-refractivity contribution in [1.82, 2.24) is 15.1 Å². The summed E-state index contributed by atoms with van der Waals surface area (Å²) < 4.78 is 10.5. The number of nitrogens with two attached hydrogens (primary N) is 1. The van der Waals surface area contributed by atoms with Crippen LogP contribution in [0.2, 0.25) is 5.02 Å². The van der Waals surface area contributed by atoms with E-state index in [2.05, 4.69) is 15.1 Å². The van der Waals surface area contributed by atoms with Crippen LogP contribution in [0.4, 0.5) is 0 Å². The zero-order valence-electron chi connectivity index (χ0n) is 9.41. The first-order chi connectivity index (χ1) is 8.75. The predicted octanol–water partition coefficient (Wildman–Crippen LogP) is 1.23. The van der Waals surface area contributed by atoms with Crippen molar-refractivity contribution >= 4 is 11.6 Å². The Balaban J connectivity index is 1.92. The summed E-state index contributed by atoms with van der Waals surface area (Å²) >= 11 is 6.02. The number of aromatic nitrogens is 3. The lowest BCUT2D eigenvalue weighted by Gasteiger charge is -2.06. The minimum absolute atomic E-state index is 0.0614. The minimum atomic E-state index is -0.113. The largest absolute Gasteiger partial charge is 0.379 e. The molecular formula is C11H11ClN4O2. The van der Waals surface area contributed by atoms with Gasteiger partial charge in [0.25, 0.3) is 0 Å². The monoisotopic (exact) mass is 266 g/mol. The second-order valence-electron chi connectivity index (χ2n) is 4.10. The maximum absolute atomic E-state index is 6.02. The summed E-state index contributed by atoms with van der Waals surface area (Å²) in [6, 6.07) is 3.36. The Kier molecular flexibility index (Phi) is 2.99. The van der Waals surface area contributed by atoms with Crippen molar-refractivity contribution in [2.24, 2.45) is 5.73 Å². The molecule has 1 aliphatic heterocycles. The quantitative estimate of drug-likeness (QED) is 0.880. The van der Waals surface area contributed by atoms with E-state index < -0.39 is 0 Å². The molecule has 18 heavy (non-hydrogen) atoms. The van der Waals surface area contributed by atoms with Gasteiger partial charge in [0, 0.05) is 12.2 Å². The van der Waals surface area contributed by atoms with Gasteiger partial charge in [-0.1, -0.05) is 16.8 Å².